The number of carbonyl (C=O) groups is 1. The van der Waals surface area contributed by atoms with Gasteiger partial charge in [0.25, 0.3) is 0 Å². The van der Waals surface area contributed by atoms with E-state index in [0.717, 1.165) is 28.8 Å². The molecule has 0 aromatic heterocycles. The molecule has 0 aliphatic rings. The van der Waals surface area contributed by atoms with E-state index in [0.29, 0.717) is 0 Å². The molecule has 26 heavy (non-hydrogen) atoms. The lowest BCUT2D eigenvalue weighted by Crippen LogP contribution is -2.32. The summed E-state index contributed by atoms with van der Waals surface area (Å²) in [6, 6.07) is 8.35. The lowest BCUT2D eigenvalue weighted by atomic mass is 10.2. The summed E-state index contributed by atoms with van der Waals surface area (Å²) in [5.74, 6) is -3.32. The van der Waals surface area contributed by atoms with Crippen molar-refractivity contribution in [2.24, 2.45) is 0 Å². The Bertz CT molecular complexity index is 904. The van der Waals surface area contributed by atoms with Gasteiger partial charge in [0, 0.05) is 24.7 Å². The molecule has 0 fully saturated rings. The van der Waals surface area contributed by atoms with Gasteiger partial charge in [0.2, 0.25) is 15.9 Å². The monoisotopic (exact) mass is 386 g/mol. The third-order valence-corrected chi connectivity index (χ3v) is 4.67. The third kappa shape index (κ3) is 5.22. The van der Waals surface area contributed by atoms with E-state index in [1.807, 2.05) is 0 Å². The fourth-order valence-electron chi connectivity index (χ4n) is 2.30. The molecule has 0 saturated carbocycles. The normalized spacial score (nSPS) is 11.2. The Hall–Kier alpha value is -2.55. The molecule has 0 aliphatic heterocycles. The Balaban J connectivity index is 1.98. The number of halogens is 3. The van der Waals surface area contributed by atoms with E-state index in [1.54, 1.807) is 0 Å². The summed E-state index contributed by atoms with van der Waals surface area (Å²) in [4.78, 5) is 11.9. The van der Waals surface area contributed by atoms with Crippen molar-refractivity contribution in [1.29, 1.82) is 0 Å². The molecule has 0 bridgehead atoms. The fraction of sp³-hybridized carbons (Fsp3) is 0.235. The highest BCUT2D eigenvalue weighted by Crippen LogP contribution is 2.22. The van der Waals surface area contributed by atoms with Crippen LogP contribution in [0.15, 0.2) is 42.5 Å². The van der Waals surface area contributed by atoms with E-state index in [1.165, 1.54) is 24.3 Å². The standard InChI is InChI=1S/C17H17F3N2O3S/c1-26(24,25)22(16-6-3-2-5-14(16)19)10-4-7-17(23)21-12-8-9-13(18)15(20)11-12/h2-3,5-6,8-9,11H,4,7,10H2,1H3,(H,21,23). The minimum atomic E-state index is -3.74. The van der Waals surface area contributed by atoms with Gasteiger partial charge in [-0.25, -0.2) is 21.6 Å². The van der Waals surface area contributed by atoms with Gasteiger partial charge in [0.1, 0.15) is 5.82 Å². The second-order valence-corrected chi connectivity index (χ2v) is 7.47. The van der Waals surface area contributed by atoms with E-state index in [9.17, 15) is 26.4 Å². The van der Waals surface area contributed by atoms with E-state index in [2.05, 4.69) is 5.32 Å². The number of para-hydroxylation sites is 1. The Morgan fingerprint density at radius 1 is 1.04 bits per heavy atom. The largest absolute Gasteiger partial charge is 0.326 e. The molecule has 0 atom stereocenters. The maximum absolute atomic E-state index is 13.9. The van der Waals surface area contributed by atoms with Crippen LogP contribution in [-0.2, 0) is 14.8 Å². The molecule has 0 spiro atoms. The minimum Gasteiger partial charge on any atom is -0.326 e. The molecule has 5 nitrogen and oxygen atoms in total. The molecule has 0 unspecified atom stereocenters. The Morgan fingerprint density at radius 2 is 1.73 bits per heavy atom. The number of nitrogens with zero attached hydrogens (tertiary/aromatic N) is 1. The number of hydrogen-bond donors (Lipinski definition) is 1. The lowest BCUT2D eigenvalue weighted by Gasteiger charge is -2.22. The van der Waals surface area contributed by atoms with Crippen molar-refractivity contribution in [3.63, 3.8) is 0 Å². The average Bonchev–Trinajstić information content (AvgIpc) is 2.55. The highest BCUT2D eigenvalue weighted by atomic mass is 32.2. The molecule has 2 aromatic carbocycles. The van der Waals surface area contributed by atoms with Crippen LogP contribution in [0.25, 0.3) is 0 Å². The topological polar surface area (TPSA) is 66.5 Å². The zero-order valence-corrected chi connectivity index (χ0v) is 14.7. The summed E-state index contributed by atoms with van der Waals surface area (Å²) in [6.45, 7) is -0.106. The molecule has 0 saturated heterocycles. The summed E-state index contributed by atoms with van der Waals surface area (Å²) >= 11 is 0. The first-order valence-corrected chi connectivity index (χ1v) is 9.50. The summed E-state index contributed by atoms with van der Waals surface area (Å²) in [6.07, 6.45) is 0.969. The molecule has 1 N–H and O–H groups in total. The van der Waals surface area contributed by atoms with Gasteiger partial charge in [-0.15, -0.1) is 0 Å². The zero-order chi connectivity index (χ0) is 19.3. The van der Waals surface area contributed by atoms with Crippen LogP contribution in [0, 0.1) is 17.5 Å². The number of amides is 1. The first-order chi connectivity index (χ1) is 12.2. The van der Waals surface area contributed by atoms with Crippen molar-refractivity contribution in [2.45, 2.75) is 12.8 Å². The van der Waals surface area contributed by atoms with Crippen LogP contribution in [0.5, 0.6) is 0 Å². The van der Waals surface area contributed by atoms with Crippen molar-refractivity contribution in [3.8, 4) is 0 Å². The molecule has 1 amide bonds. The van der Waals surface area contributed by atoms with Crippen LogP contribution in [0.3, 0.4) is 0 Å². The van der Waals surface area contributed by atoms with Crippen molar-refractivity contribution in [1.82, 2.24) is 0 Å². The molecule has 2 aromatic rings. The molecule has 0 aliphatic carbocycles. The smallest absolute Gasteiger partial charge is 0.232 e. The van der Waals surface area contributed by atoms with Gasteiger partial charge >= 0.3 is 0 Å². The quantitative estimate of drug-likeness (QED) is 0.794. The summed E-state index contributed by atoms with van der Waals surface area (Å²) in [7, 11) is -3.74. The predicted octanol–water partition coefficient (Wildman–Crippen LogP) is 3.29. The Labute approximate surface area is 149 Å². The Kier molecular flexibility index (Phi) is 6.25. The highest BCUT2D eigenvalue weighted by Gasteiger charge is 2.20. The maximum Gasteiger partial charge on any atom is 0.232 e. The number of hydrogen-bond acceptors (Lipinski definition) is 3. The van der Waals surface area contributed by atoms with E-state index >= 15 is 0 Å². The summed E-state index contributed by atoms with van der Waals surface area (Å²) < 4.78 is 64.5. The van der Waals surface area contributed by atoms with Gasteiger partial charge in [-0.05, 0) is 30.7 Å². The van der Waals surface area contributed by atoms with Crippen LogP contribution in [-0.4, -0.2) is 27.1 Å². The van der Waals surface area contributed by atoms with Gasteiger partial charge < -0.3 is 5.32 Å². The van der Waals surface area contributed by atoms with Crippen molar-refractivity contribution < 1.29 is 26.4 Å². The number of nitrogens with one attached hydrogen (secondary N) is 1. The molecule has 0 radical (unpaired) electrons. The second-order valence-electron chi connectivity index (χ2n) is 5.57. The molecule has 0 heterocycles. The first-order valence-electron chi connectivity index (χ1n) is 7.65. The van der Waals surface area contributed by atoms with Crippen LogP contribution >= 0.6 is 0 Å². The summed E-state index contributed by atoms with van der Waals surface area (Å²) in [5, 5.41) is 2.39. The van der Waals surface area contributed by atoms with Crippen LogP contribution < -0.4 is 9.62 Å². The molecule has 140 valence electrons. The molecular formula is C17H17F3N2O3S. The number of benzene rings is 2. The lowest BCUT2D eigenvalue weighted by molar-refractivity contribution is -0.116. The van der Waals surface area contributed by atoms with Crippen molar-refractivity contribution in [3.05, 3.63) is 59.9 Å². The number of rotatable bonds is 7. The summed E-state index contributed by atoms with van der Waals surface area (Å²) in [5.41, 5.74) is -0.0148. The molecular weight excluding hydrogens is 369 g/mol. The fourth-order valence-corrected chi connectivity index (χ4v) is 3.27. The SMILES string of the molecule is CS(=O)(=O)N(CCCC(=O)Nc1ccc(F)c(F)c1)c1ccccc1F. The molecule has 9 heteroatoms. The van der Waals surface area contributed by atoms with E-state index in [4.69, 9.17) is 0 Å². The maximum atomic E-state index is 13.9. The van der Waals surface area contributed by atoms with Gasteiger partial charge in [-0.2, -0.15) is 0 Å². The van der Waals surface area contributed by atoms with E-state index in [-0.39, 0.29) is 30.8 Å². The van der Waals surface area contributed by atoms with Gasteiger partial charge in [-0.1, -0.05) is 12.1 Å². The zero-order valence-electron chi connectivity index (χ0n) is 13.9. The van der Waals surface area contributed by atoms with Crippen LogP contribution in [0.2, 0.25) is 0 Å². The van der Waals surface area contributed by atoms with Crippen molar-refractivity contribution in [2.75, 3.05) is 22.4 Å². The van der Waals surface area contributed by atoms with Crippen LogP contribution in [0.4, 0.5) is 24.5 Å². The van der Waals surface area contributed by atoms with Gasteiger partial charge in [0.15, 0.2) is 11.6 Å². The number of sulfonamides is 1. The number of anilines is 2. The van der Waals surface area contributed by atoms with Crippen molar-refractivity contribution >= 4 is 27.3 Å². The number of carbonyl (C=O) groups excluding carboxylic acids is 1. The highest BCUT2D eigenvalue weighted by molar-refractivity contribution is 7.92. The van der Waals surface area contributed by atoms with Crippen LogP contribution in [0.1, 0.15) is 12.8 Å². The van der Waals surface area contributed by atoms with Gasteiger partial charge in [0.05, 0.1) is 11.9 Å². The average molecular weight is 386 g/mol. The van der Waals surface area contributed by atoms with E-state index < -0.39 is 33.4 Å². The molecule has 2 rings (SSSR count). The van der Waals surface area contributed by atoms with Gasteiger partial charge in [-0.3, -0.25) is 9.10 Å². The third-order valence-electron chi connectivity index (χ3n) is 3.49. The predicted molar refractivity (Wildman–Crippen MR) is 92.8 cm³/mol. The second kappa shape index (κ2) is 8.22. The minimum absolute atomic E-state index is 0.0839. The Morgan fingerprint density at radius 3 is 2.35 bits per heavy atom. The first kappa shape index (κ1) is 19.8.